The fourth-order valence-corrected chi connectivity index (χ4v) is 0.670. The van der Waals surface area contributed by atoms with E-state index in [4.69, 9.17) is 5.73 Å². The van der Waals surface area contributed by atoms with E-state index in [-0.39, 0.29) is 0 Å². The van der Waals surface area contributed by atoms with Gasteiger partial charge in [0, 0.05) is 11.4 Å². The summed E-state index contributed by atoms with van der Waals surface area (Å²) in [5.41, 5.74) is 7.65. The second-order valence-corrected chi connectivity index (χ2v) is 2.45. The first-order valence-corrected chi connectivity index (χ1v) is 3.59. The molecule has 0 radical (unpaired) electrons. The van der Waals surface area contributed by atoms with Crippen molar-refractivity contribution in [2.75, 3.05) is 0 Å². The maximum absolute atomic E-state index is 10.2. The van der Waals surface area contributed by atoms with E-state index in [1.54, 1.807) is 19.1 Å². The highest BCUT2D eigenvalue weighted by molar-refractivity contribution is 5.53. The summed E-state index contributed by atoms with van der Waals surface area (Å²) in [6.07, 6.45) is 3.96. The summed E-state index contributed by atoms with van der Waals surface area (Å²) in [6, 6.07) is 0. The van der Waals surface area contributed by atoms with Gasteiger partial charge in [-0.1, -0.05) is 12.7 Å². The standard InChI is InChI=1S/C9H14N2O/c1-4-7(2)9(11-6-12)5-8(3)10/h4-6H,1,10H2,2-3H3,(H,11,12)/b8-5+,9-7+. The van der Waals surface area contributed by atoms with Crippen LogP contribution in [0.3, 0.4) is 0 Å². The fraction of sp³-hybridized carbons (Fsp3) is 0.222. The first kappa shape index (κ1) is 10.5. The number of carbonyl (C=O) groups excluding carboxylic acids is 1. The van der Waals surface area contributed by atoms with Gasteiger partial charge in [-0.25, -0.2) is 0 Å². The molecular weight excluding hydrogens is 152 g/mol. The summed E-state index contributed by atoms with van der Waals surface area (Å²) in [7, 11) is 0. The number of hydrogen-bond donors (Lipinski definition) is 2. The summed E-state index contributed by atoms with van der Waals surface area (Å²) in [5, 5.41) is 2.54. The number of hydrogen-bond acceptors (Lipinski definition) is 2. The Bertz CT molecular complexity index is 235. The van der Waals surface area contributed by atoms with Gasteiger partial charge < -0.3 is 11.1 Å². The number of carbonyl (C=O) groups is 1. The highest BCUT2D eigenvalue weighted by Crippen LogP contribution is 2.03. The monoisotopic (exact) mass is 166 g/mol. The molecule has 1 amide bonds. The third-order valence-corrected chi connectivity index (χ3v) is 1.32. The van der Waals surface area contributed by atoms with Crippen LogP contribution in [0.4, 0.5) is 0 Å². The van der Waals surface area contributed by atoms with Crippen molar-refractivity contribution >= 4 is 6.41 Å². The topological polar surface area (TPSA) is 55.1 Å². The van der Waals surface area contributed by atoms with Crippen LogP contribution in [0, 0.1) is 0 Å². The Balaban J connectivity index is 4.77. The molecule has 0 aromatic rings. The van der Waals surface area contributed by atoms with Crippen molar-refractivity contribution in [3.63, 3.8) is 0 Å². The Morgan fingerprint density at radius 3 is 2.42 bits per heavy atom. The minimum Gasteiger partial charge on any atom is -0.402 e. The molecule has 0 unspecified atom stereocenters. The van der Waals surface area contributed by atoms with E-state index in [9.17, 15) is 4.79 Å². The zero-order valence-corrected chi connectivity index (χ0v) is 7.42. The van der Waals surface area contributed by atoms with Crippen molar-refractivity contribution in [3.05, 3.63) is 35.7 Å². The molecule has 0 atom stereocenters. The minimum absolute atomic E-state index is 0.613. The maximum atomic E-state index is 10.2. The van der Waals surface area contributed by atoms with Gasteiger partial charge in [-0.15, -0.1) is 0 Å². The molecule has 0 heterocycles. The fourth-order valence-electron chi connectivity index (χ4n) is 0.670. The average molecular weight is 166 g/mol. The normalized spacial score (nSPS) is 13.3. The van der Waals surface area contributed by atoms with Crippen LogP contribution in [0.1, 0.15) is 13.8 Å². The van der Waals surface area contributed by atoms with Crippen LogP contribution in [0.2, 0.25) is 0 Å². The Kier molecular flexibility index (Phi) is 4.53. The van der Waals surface area contributed by atoms with E-state index in [1.165, 1.54) is 0 Å². The molecule has 0 aromatic carbocycles. The van der Waals surface area contributed by atoms with Gasteiger partial charge in [0.15, 0.2) is 0 Å². The SMILES string of the molecule is C=C/C(C)=C(\C=C(/C)N)NC=O. The van der Waals surface area contributed by atoms with E-state index >= 15 is 0 Å². The van der Waals surface area contributed by atoms with Crippen molar-refractivity contribution in [1.29, 1.82) is 0 Å². The van der Waals surface area contributed by atoms with Crippen molar-refractivity contribution < 1.29 is 4.79 Å². The third kappa shape index (κ3) is 3.61. The Morgan fingerprint density at radius 2 is 2.08 bits per heavy atom. The summed E-state index contributed by atoms with van der Waals surface area (Å²) in [5.74, 6) is 0. The van der Waals surface area contributed by atoms with Gasteiger partial charge in [-0.05, 0) is 25.5 Å². The van der Waals surface area contributed by atoms with Gasteiger partial charge in [-0.2, -0.15) is 0 Å². The molecular formula is C9H14N2O. The van der Waals surface area contributed by atoms with Crippen molar-refractivity contribution in [3.8, 4) is 0 Å². The predicted molar refractivity (Wildman–Crippen MR) is 50.0 cm³/mol. The van der Waals surface area contributed by atoms with Crippen LogP contribution in [0.15, 0.2) is 35.7 Å². The molecule has 12 heavy (non-hydrogen) atoms. The molecule has 0 aromatic heterocycles. The second-order valence-electron chi connectivity index (χ2n) is 2.45. The molecule has 0 saturated heterocycles. The van der Waals surface area contributed by atoms with Gasteiger partial charge in [0.1, 0.15) is 0 Å². The largest absolute Gasteiger partial charge is 0.402 e. The summed E-state index contributed by atoms with van der Waals surface area (Å²) >= 11 is 0. The number of amides is 1. The molecule has 3 N–H and O–H groups in total. The zero-order chi connectivity index (χ0) is 9.56. The summed E-state index contributed by atoms with van der Waals surface area (Å²) in [4.78, 5) is 10.2. The van der Waals surface area contributed by atoms with E-state index in [2.05, 4.69) is 11.9 Å². The van der Waals surface area contributed by atoms with Gasteiger partial charge in [0.05, 0.1) is 0 Å². The van der Waals surface area contributed by atoms with Gasteiger partial charge in [0.25, 0.3) is 0 Å². The lowest BCUT2D eigenvalue weighted by molar-refractivity contribution is -0.108. The number of rotatable bonds is 4. The van der Waals surface area contributed by atoms with Crippen LogP contribution in [0.5, 0.6) is 0 Å². The Labute approximate surface area is 72.6 Å². The van der Waals surface area contributed by atoms with E-state index in [0.717, 1.165) is 5.57 Å². The van der Waals surface area contributed by atoms with Crippen molar-refractivity contribution in [2.45, 2.75) is 13.8 Å². The second kappa shape index (κ2) is 5.18. The average Bonchev–Trinajstić information content (AvgIpc) is 2.01. The lowest BCUT2D eigenvalue weighted by atomic mass is 10.2. The molecule has 0 spiro atoms. The lowest BCUT2D eigenvalue weighted by Crippen LogP contribution is -2.11. The third-order valence-electron chi connectivity index (χ3n) is 1.32. The van der Waals surface area contributed by atoms with Gasteiger partial charge >= 0.3 is 0 Å². The maximum Gasteiger partial charge on any atom is 0.211 e. The molecule has 3 nitrogen and oxygen atoms in total. The molecule has 0 fully saturated rings. The number of nitrogens with two attached hydrogens (primary N) is 1. The van der Waals surface area contributed by atoms with Gasteiger partial charge in [-0.3, -0.25) is 4.79 Å². The Hall–Kier alpha value is -1.51. The quantitative estimate of drug-likeness (QED) is 0.484. The number of nitrogens with one attached hydrogen (secondary N) is 1. The summed E-state index contributed by atoms with van der Waals surface area (Å²) in [6.45, 7) is 7.19. The molecule has 3 heteroatoms. The first-order valence-electron chi connectivity index (χ1n) is 3.59. The van der Waals surface area contributed by atoms with E-state index in [0.29, 0.717) is 17.8 Å². The zero-order valence-electron chi connectivity index (χ0n) is 7.42. The Morgan fingerprint density at radius 1 is 1.50 bits per heavy atom. The van der Waals surface area contributed by atoms with Crippen LogP contribution < -0.4 is 11.1 Å². The van der Waals surface area contributed by atoms with E-state index < -0.39 is 0 Å². The summed E-state index contributed by atoms with van der Waals surface area (Å²) < 4.78 is 0. The smallest absolute Gasteiger partial charge is 0.211 e. The predicted octanol–water partition coefficient (Wildman–Crippen LogP) is 1.05. The molecule has 0 bridgehead atoms. The van der Waals surface area contributed by atoms with Crippen molar-refractivity contribution in [1.82, 2.24) is 5.32 Å². The van der Waals surface area contributed by atoms with Gasteiger partial charge in [0.2, 0.25) is 6.41 Å². The first-order chi connectivity index (χ1) is 5.61. The molecule has 0 saturated carbocycles. The molecule has 0 rings (SSSR count). The van der Waals surface area contributed by atoms with Crippen LogP contribution in [0.25, 0.3) is 0 Å². The lowest BCUT2D eigenvalue weighted by Gasteiger charge is -2.03. The van der Waals surface area contributed by atoms with Crippen LogP contribution in [-0.4, -0.2) is 6.41 Å². The molecule has 0 aliphatic heterocycles. The highest BCUT2D eigenvalue weighted by Gasteiger charge is 1.94. The highest BCUT2D eigenvalue weighted by atomic mass is 16.1. The van der Waals surface area contributed by atoms with Crippen molar-refractivity contribution in [2.24, 2.45) is 5.73 Å². The van der Waals surface area contributed by atoms with Crippen LogP contribution in [-0.2, 0) is 4.79 Å². The van der Waals surface area contributed by atoms with Crippen LogP contribution >= 0.6 is 0 Å². The number of allylic oxidation sites excluding steroid dienone is 4. The minimum atomic E-state index is 0.613. The van der Waals surface area contributed by atoms with E-state index in [1.807, 2.05) is 6.92 Å². The molecule has 0 aliphatic rings. The molecule has 66 valence electrons. The molecule has 0 aliphatic carbocycles.